The summed E-state index contributed by atoms with van der Waals surface area (Å²) in [6.45, 7) is 5.38. The number of hydrogen-bond donors (Lipinski definition) is 1. The third-order valence-electron chi connectivity index (χ3n) is 6.15. The van der Waals surface area contributed by atoms with Gasteiger partial charge in [-0.05, 0) is 68.9 Å². The zero-order valence-corrected chi connectivity index (χ0v) is 10.9. The maximum absolute atomic E-state index is 3.61. The van der Waals surface area contributed by atoms with E-state index >= 15 is 0 Å². The third-order valence-corrected chi connectivity index (χ3v) is 6.15. The number of hydrogen-bond acceptors (Lipinski definition) is 2. The molecular formula is C15H26N2. The van der Waals surface area contributed by atoms with Crippen LogP contribution in [-0.4, -0.2) is 37.1 Å². The molecule has 96 valence electrons. The van der Waals surface area contributed by atoms with Crippen LogP contribution < -0.4 is 5.32 Å². The molecule has 4 fully saturated rings. The molecule has 0 spiro atoms. The van der Waals surface area contributed by atoms with E-state index in [2.05, 4.69) is 10.2 Å². The molecule has 2 nitrogen and oxygen atoms in total. The van der Waals surface area contributed by atoms with Gasteiger partial charge in [-0.25, -0.2) is 0 Å². The fourth-order valence-electron chi connectivity index (χ4n) is 5.29. The van der Waals surface area contributed by atoms with Crippen LogP contribution in [0.4, 0.5) is 0 Å². The number of piperidine rings is 1. The molecule has 5 unspecified atom stereocenters. The van der Waals surface area contributed by atoms with E-state index in [4.69, 9.17) is 0 Å². The van der Waals surface area contributed by atoms with Crippen LogP contribution in [0, 0.1) is 23.7 Å². The largest absolute Gasteiger partial charge is 0.315 e. The summed E-state index contributed by atoms with van der Waals surface area (Å²) in [6, 6.07) is 0.892. The molecule has 2 bridgehead atoms. The summed E-state index contributed by atoms with van der Waals surface area (Å²) in [5.74, 6) is 4.26. The summed E-state index contributed by atoms with van der Waals surface area (Å²) in [7, 11) is 0. The molecule has 2 saturated carbocycles. The standard InChI is InChI=1S/C15H26N2/c1-2-13-8-16-9-15(13)17(5-1)10-14-7-11-3-4-12(14)6-11/h11-16H,1-10H2. The van der Waals surface area contributed by atoms with E-state index < -0.39 is 0 Å². The summed E-state index contributed by atoms with van der Waals surface area (Å²) < 4.78 is 0. The molecule has 2 aliphatic heterocycles. The molecule has 0 aromatic heterocycles. The van der Waals surface area contributed by atoms with Gasteiger partial charge in [0.05, 0.1) is 0 Å². The van der Waals surface area contributed by atoms with Crippen molar-refractivity contribution in [1.29, 1.82) is 0 Å². The fraction of sp³-hybridized carbons (Fsp3) is 1.00. The highest BCUT2D eigenvalue weighted by atomic mass is 15.2. The lowest BCUT2D eigenvalue weighted by Crippen LogP contribution is -2.47. The monoisotopic (exact) mass is 234 g/mol. The lowest BCUT2D eigenvalue weighted by atomic mass is 9.86. The van der Waals surface area contributed by atoms with Crippen molar-refractivity contribution < 1.29 is 0 Å². The van der Waals surface area contributed by atoms with Gasteiger partial charge in [0.1, 0.15) is 0 Å². The summed E-state index contributed by atoms with van der Waals surface area (Å²) in [5, 5.41) is 3.61. The fourth-order valence-corrected chi connectivity index (χ4v) is 5.29. The molecule has 0 amide bonds. The van der Waals surface area contributed by atoms with E-state index in [9.17, 15) is 0 Å². The molecule has 1 N–H and O–H groups in total. The maximum atomic E-state index is 3.61. The molecule has 5 atom stereocenters. The van der Waals surface area contributed by atoms with Gasteiger partial charge in [0, 0.05) is 19.1 Å². The van der Waals surface area contributed by atoms with Crippen molar-refractivity contribution in [2.24, 2.45) is 23.7 Å². The average molecular weight is 234 g/mol. The third kappa shape index (κ3) is 1.84. The van der Waals surface area contributed by atoms with Crippen LogP contribution in [-0.2, 0) is 0 Å². The number of fused-ring (bicyclic) bond motifs is 3. The Bertz CT molecular complexity index is 291. The lowest BCUT2D eigenvalue weighted by Gasteiger charge is -2.40. The number of nitrogens with one attached hydrogen (secondary N) is 1. The molecule has 2 heteroatoms. The summed E-state index contributed by atoms with van der Waals surface area (Å²) in [4.78, 5) is 2.86. The lowest BCUT2D eigenvalue weighted by molar-refractivity contribution is 0.0911. The van der Waals surface area contributed by atoms with Crippen molar-refractivity contribution >= 4 is 0 Å². The van der Waals surface area contributed by atoms with Gasteiger partial charge in [-0.1, -0.05) is 6.42 Å². The number of likely N-dealkylation sites (tertiary alicyclic amines) is 1. The van der Waals surface area contributed by atoms with Gasteiger partial charge < -0.3 is 5.32 Å². The molecule has 4 aliphatic rings. The predicted octanol–water partition coefficient (Wildman–Crippen LogP) is 2.11. The Morgan fingerprint density at radius 3 is 2.82 bits per heavy atom. The van der Waals surface area contributed by atoms with Crippen LogP contribution in [0.15, 0.2) is 0 Å². The van der Waals surface area contributed by atoms with Crippen LogP contribution in [0.1, 0.15) is 38.5 Å². The zero-order valence-electron chi connectivity index (χ0n) is 10.9. The van der Waals surface area contributed by atoms with Crippen molar-refractivity contribution in [2.75, 3.05) is 26.2 Å². The van der Waals surface area contributed by atoms with E-state index in [0.29, 0.717) is 0 Å². The molecule has 2 aliphatic carbocycles. The van der Waals surface area contributed by atoms with Crippen molar-refractivity contribution in [2.45, 2.75) is 44.6 Å². The summed E-state index contributed by atoms with van der Waals surface area (Å²) >= 11 is 0. The van der Waals surface area contributed by atoms with E-state index in [1.54, 1.807) is 25.7 Å². The minimum atomic E-state index is 0.892. The van der Waals surface area contributed by atoms with Gasteiger partial charge in [-0.2, -0.15) is 0 Å². The summed E-state index contributed by atoms with van der Waals surface area (Å²) in [5.41, 5.74) is 0. The first-order valence-corrected chi connectivity index (χ1v) is 7.85. The second-order valence-corrected chi connectivity index (χ2v) is 7.06. The topological polar surface area (TPSA) is 15.3 Å². The van der Waals surface area contributed by atoms with Gasteiger partial charge in [0.15, 0.2) is 0 Å². The molecule has 0 radical (unpaired) electrons. The summed E-state index contributed by atoms with van der Waals surface area (Å²) in [6.07, 6.45) is 9.16. The Labute approximate surface area is 105 Å². The Hall–Kier alpha value is -0.0800. The quantitative estimate of drug-likeness (QED) is 0.787. The van der Waals surface area contributed by atoms with Crippen molar-refractivity contribution in [3.05, 3.63) is 0 Å². The first-order valence-electron chi connectivity index (χ1n) is 7.85. The molecule has 2 heterocycles. The van der Waals surface area contributed by atoms with E-state index in [1.807, 2.05) is 0 Å². The van der Waals surface area contributed by atoms with E-state index in [-0.39, 0.29) is 0 Å². The second kappa shape index (κ2) is 4.24. The van der Waals surface area contributed by atoms with Gasteiger partial charge in [-0.3, -0.25) is 4.90 Å². The van der Waals surface area contributed by atoms with E-state index in [1.165, 1.54) is 39.0 Å². The minimum absolute atomic E-state index is 0.892. The Morgan fingerprint density at radius 2 is 2.00 bits per heavy atom. The van der Waals surface area contributed by atoms with E-state index in [0.717, 1.165) is 29.7 Å². The highest BCUT2D eigenvalue weighted by Gasteiger charge is 2.42. The number of nitrogens with zero attached hydrogens (tertiary/aromatic N) is 1. The van der Waals surface area contributed by atoms with Crippen molar-refractivity contribution in [3.63, 3.8) is 0 Å². The molecule has 2 saturated heterocycles. The van der Waals surface area contributed by atoms with Crippen LogP contribution >= 0.6 is 0 Å². The zero-order chi connectivity index (χ0) is 11.2. The Balaban J connectivity index is 1.41. The van der Waals surface area contributed by atoms with Crippen LogP contribution in [0.2, 0.25) is 0 Å². The molecular weight excluding hydrogens is 208 g/mol. The average Bonchev–Trinajstić information content (AvgIpc) is 3.04. The Morgan fingerprint density at radius 1 is 1.00 bits per heavy atom. The first kappa shape index (κ1) is 10.8. The molecule has 4 rings (SSSR count). The predicted molar refractivity (Wildman–Crippen MR) is 69.9 cm³/mol. The SMILES string of the molecule is C1CC2CNCC2N(CC2CC3CCC2C3)C1. The molecule has 0 aromatic rings. The van der Waals surface area contributed by atoms with Crippen LogP contribution in [0.3, 0.4) is 0 Å². The highest BCUT2D eigenvalue weighted by Crippen LogP contribution is 2.48. The molecule has 17 heavy (non-hydrogen) atoms. The highest BCUT2D eigenvalue weighted by molar-refractivity contribution is 4.96. The maximum Gasteiger partial charge on any atom is 0.0261 e. The van der Waals surface area contributed by atoms with Gasteiger partial charge >= 0.3 is 0 Å². The normalized spacial score (nSPS) is 49.8. The molecule has 0 aromatic carbocycles. The van der Waals surface area contributed by atoms with Gasteiger partial charge in [0.25, 0.3) is 0 Å². The van der Waals surface area contributed by atoms with Crippen molar-refractivity contribution in [3.8, 4) is 0 Å². The van der Waals surface area contributed by atoms with Crippen LogP contribution in [0.25, 0.3) is 0 Å². The number of rotatable bonds is 2. The second-order valence-electron chi connectivity index (χ2n) is 7.06. The Kier molecular flexibility index (Phi) is 2.69. The van der Waals surface area contributed by atoms with Crippen molar-refractivity contribution in [1.82, 2.24) is 10.2 Å². The smallest absolute Gasteiger partial charge is 0.0261 e. The van der Waals surface area contributed by atoms with Crippen LogP contribution in [0.5, 0.6) is 0 Å². The van der Waals surface area contributed by atoms with Gasteiger partial charge in [-0.15, -0.1) is 0 Å². The van der Waals surface area contributed by atoms with Gasteiger partial charge in [0.2, 0.25) is 0 Å². The minimum Gasteiger partial charge on any atom is -0.315 e. The first-order chi connectivity index (χ1) is 8.40.